The molecule has 2 aromatic rings. The van der Waals surface area contributed by atoms with Crippen molar-refractivity contribution < 1.29 is 9.59 Å². The summed E-state index contributed by atoms with van der Waals surface area (Å²) in [5.74, 6) is -0.350. The molecule has 0 bridgehead atoms. The smallest absolute Gasteiger partial charge is 0.281 e. The molecule has 0 unspecified atom stereocenters. The molecule has 0 saturated heterocycles. The summed E-state index contributed by atoms with van der Waals surface area (Å²) in [6, 6.07) is 0. The van der Waals surface area contributed by atoms with Crippen LogP contribution in [-0.2, 0) is 16.0 Å². The van der Waals surface area contributed by atoms with Crippen LogP contribution in [0.1, 0.15) is 35.3 Å². The van der Waals surface area contributed by atoms with E-state index in [-0.39, 0.29) is 23.9 Å². The van der Waals surface area contributed by atoms with Gasteiger partial charge in [0, 0.05) is 12.1 Å². The largest absolute Gasteiger partial charge is 0.301 e. The Kier molecular flexibility index (Phi) is 5.08. The number of carbonyl (C=O) groups is 2. The Morgan fingerprint density at radius 2 is 1.93 bits per heavy atom. The molecule has 0 atom stereocenters. The molecule has 0 fully saturated rings. The third-order valence-electron chi connectivity index (χ3n) is 4.17. The predicted molar refractivity (Wildman–Crippen MR) is 103 cm³/mol. The number of nitrogens with one attached hydrogen (secondary N) is 1. The summed E-state index contributed by atoms with van der Waals surface area (Å²) < 4.78 is 1.53. The van der Waals surface area contributed by atoms with Crippen molar-refractivity contribution >= 4 is 40.0 Å². The summed E-state index contributed by atoms with van der Waals surface area (Å²) in [5.41, 5.74) is 3.28. The van der Waals surface area contributed by atoms with Crippen LogP contribution in [0.15, 0.2) is 22.1 Å². The Morgan fingerprint density at radius 1 is 1.19 bits per heavy atom. The van der Waals surface area contributed by atoms with Crippen LogP contribution in [0.25, 0.3) is 0 Å². The van der Waals surface area contributed by atoms with E-state index in [0.29, 0.717) is 17.3 Å². The highest BCUT2D eigenvalue weighted by Crippen LogP contribution is 2.19. The molecular formula is C17H19N7O2S. The molecule has 0 spiro atoms. The van der Waals surface area contributed by atoms with Crippen LogP contribution in [0.5, 0.6) is 0 Å². The minimum absolute atomic E-state index is 0.145. The average molecular weight is 385 g/mol. The van der Waals surface area contributed by atoms with Crippen molar-refractivity contribution in [1.82, 2.24) is 20.0 Å². The van der Waals surface area contributed by atoms with E-state index in [4.69, 9.17) is 0 Å². The first-order valence-electron chi connectivity index (χ1n) is 8.29. The van der Waals surface area contributed by atoms with Crippen molar-refractivity contribution in [2.45, 2.75) is 40.5 Å². The lowest BCUT2D eigenvalue weighted by Gasteiger charge is -2.11. The molecule has 10 heteroatoms. The van der Waals surface area contributed by atoms with Crippen LogP contribution >= 0.6 is 11.3 Å². The molecule has 2 amide bonds. The van der Waals surface area contributed by atoms with Gasteiger partial charge in [0.1, 0.15) is 5.01 Å². The van der Waals surface area contributed by atoms with Gasteiger partial charge in [0.05, 0.1) is 17.0 Å². The third-order valence-corrected chi connectivity index (χ3v) is 4.92. The quantitative estimate of drug-likeness (QED) is 0.808. The number of aryl methyl sites for hydroxylation is 2. The van der Waals surface area contributed by atoms with Gasteiger partial charge in [-0.25, -0.2) is 9.67 Å². The molecule has 0 saturated carbocycles. The third kappa shape index (κ3) is 3.90. The number of aromatic nitrogens is 4. The predicted octanol–water partition coefficient (Wildman–Crippen LogP) is 1.99. The maximum absolute atomic E-state index is 12.1. The van der Waals surface area contributed by atoms with Crippen LogP contribution in [0.2, 0.25) is 0 Å². The van der Waals surface area contributed by atoms with E-state index in [9.17, 15) is 9.59 Å². The Balaban J connectivity index is 1.74. The minimum atomic E-state index is -0.418. The second-order valence-corrected chi connectivity index (χ2v) is 7.31. The monoisotopic (exact) mass is 385 g/mol. The number of nitrogens with zero attached hydrogens (tertiary/aromatic N) is 6. The van der Waals surface area contributed by atoms with Crippen LogP contribution in [0, 0.1) is 20.8 Å². The van der Waals surface area contributed by atoms with Crippen LogP contribution in [0.3, 0.4) is 0 Å². The van der Waals surface area contributed by atoms with Gasteiger partial charge in [-0.05, 0) is 39.7 Å². The number of carbonyl (C=O) groups excluding carboxylic acids is 2. The van der Waals surface area contributed by atoms with E-state index in [0.717, 1.165) is 22.0 Å². The average Bonchev–Trinajstić information content (AvgIpc) is 3.13. The van der Waals surface area contributed by atoms with Crippen LogP contribution in [-0.4, -0.2) is 43.5 Å². The summed E-state index contributed by atoms with van der Waals surface area (Å²) in [6.45, 7) is 10.9. The topological polar surface area (TPSA) is 114 Å². The van der Waals surface area contributed by atoms with Gasteiger partial charge in [0.2, 0.25) is 11.0 Å². The molecule has 1 aliphatic rings. The van der Waals surface area contributed by atoms with E-state index in [1.807, 2.05) is 20.8 Å². The van der Waals surface area contributed by atoms with Gasteiger partial charge in [-0.15, -0.1) is 10.2 Å². The van der Waals surface area contributed by atoms with Crippen molar-refractivity contribution in [2.24, 2.45) is 9.98 Å². The van der Waals surface area contributed by atoms with Crippen molar-refractivity contribution in [1.29, 1.82) is 0 Å². The Labute approximate surface area is 159 Å². The molecule has 3 rings (SSSR count). The fourth-order valence-corrected chi connectivity index (χ4v) is 3.26. The van der Waals surface area contributed by atoms with Gasteiger partial charge >= 0.3 is 0 Å². The second-order valence-electron chi connectivity index (χ2n) is 6.13. The molecule has 1 aliphatic heterocycles. The normalized spacial score (nSPS) is 14.2. The van der Waals surface area contributed by atoms with Crippen molar-refractivity contribution in [3.8, 4) is 0 Å². The first-order chi connectivity index (χ1) is 12.8. The lowest BCUT2D eigenvalue weighted by atomic mass is 10.1. The summed E-state index contributed by atoms with van der Waals surface area (Å²) in [5, 5.41) is 16.2. The summed E-state index contributed by atoms with van der Waals surface area (Å²) in [6.07, 6.45) is 0.772. The van der Waals surface area contributed by atoms with Gasteiger partial charge in [-0.3, -0.25) is 9.59 Å². The zero-order valence-electron chi connectivity index (χ0n) is 15.5. The van der Waals surface area contributed by atoms with Crippen molar-refractivity contribution in [3.63, 3.8) is 0 Å². The maximum atomic E-state index is 12.1. The molecule has 2 aromatic heterocycles. The molecule has 1 N–H and O–H groups in total. The second kappa shape index (κ2) is 7.31. The lowest BCUT2D eigenvalue weighted by Crippen LogP contribution is -2.23. The zero-order valence-corrected chi connectivity index (χ0v) is 16.3. The molecule has 0 aromatic carbocycles. The van der Waals surface area contributed by atoms with Crippen LogP contribution < -0.4 is 5.32 Å². The molecule has 0 aliphatic carbocycles. The fourth-order valence-electron chi connectivity index (χ4n) is 2.65. The first kappa shape index (κ1) is 18.8. The number of rotatable bonds is 4. The fraction of sp³-hybridized carbons (Fsp3) is 0.353. The van der Waals surface area contributed by atoms with E-state index < -0.39 is 5.91 Å². The summed E-state index contributed by atoms with van der Waals surface area (Å²) >= 11 is 1.33. The SMILES string of the molecule is C=C1C(=O)N=C(n2nc(C)c(CCC(=O)Nc3nnc(C)s3)c2C)N=C1C. The summed E-state index contributed by atoms with van der Waals surface area (Å²) in [4.78, 5) is 32.3. The van der Waals surface area contributed by atoms with E-state index >= 15 is 0 Å². The van der Waals surface area contributed by atoms with Gasteiger partial charge in [-0.2, -0.15) is 10.1 Å². The van der Waals surface area contributed by atoms with Crippen molar-refractivity contribution in [3.05, 3.63) is 34.1 Å². The number of anilines is 1. The number of hydrogen-bond donors (Lipinski definition) is 1. The highest BCUT2D eigenvalue weighted by molar-refractivity contribution is 7.15. The molecular weight excluding hydrogens is 366 g/mol. The highest BCUT2D eigenvalue weighted by atomic mass is 32.1. The zero-order chi connectivity index (χ0) is 19.7. The molecule has 9 nitrogen and oxygen atoms in total. The highest BCUT2D eigenvalue weighted by Gasteiger charge is 2.22. The lowest BCUT2D eigenvalue weighted by molar-refractivity contribution is -0.116. The number of aliphatic imine (C=N–C) groups is 2. The van der Waals surface area contributed by atoms with Gasteiger partial charge in [0.15, 0.2) is 0 Å². The van der Waals surface area contributed by atoms with Gasteiger partial charge < -0.3 is 5.32 Å². The van der Waals surface area contributed by atoms with E-state index in [1.165, 1.54) is 16.0 Å². The standard InChI is InChI=1S/C17H19N7O2S/c1-8-9(2)18-16(20-15(8)26)24-11(4)13(10(3)23-24)6-7-14(25)19-17-22-21-12(5)27-17/h1,6-7H2,2-5H3,(H,19,22,25). The summed E-state index contributed by atoms with van der Waals surface area (Å²) in [7, 11) is 0. The Bertz CT molecular complexity index is 1010. The minimum Gasteiger partial charge on any atom is -0.301 e. The first-order valence-corrected chi connectivity index (χ1v) is 9.11. The van der Waals surface area contributed by atoms with E-state index in [2.05, 4.69) is 37.2 Å². The van der Waals surface area contributed by atoms with Crippen molar-refractivity contribution in [2.75, 3.05) is 5.32 Å². The molecule has 0 radical (unpaired) electrons. The molecule has 27 heavy (non-hydrogen) atoms. The maximum Gasteiger partial charge on any atom is 0.281 e. The Hall–Kier alpha value is -3.01. The van der Waals surface area contributed by atoms with Gasteiger partial charge in [-0.1, -0.05) is 17.9 Å². The van der Waals surface area contributed by atoms with E-state index in [1.54, 1.807) is 6.92 Å². The number of amides is 2. The van der Waals surface area contributed by atoms with Gasteiger partial charge in [0.25, 0.3) is 11.9 Å². The van der Waals surface area contributed by atoms with Crippen LogP contribution in [0.4, 0.5) is 5.13 Å². The number of hydrogen-bond acceptors (Lipinski definition) is 7. The molecule has 3 heterocycles. The Morgan fingerprint density at radius 3 is 2.56 bits per heavy atom. The molecule has 140 valence electrons.